The molecule has 1 heterocycles. The standard InChI is InChI=1S/C8H18N2O/c9-8(7-11)6-10-4-2-1-3-5-10/h8,11H,1-7,9H2/t8-/m0/s1. The van der Waals surface area contributed by atoms with Crippen LogP contribution in [0.2, 0.25) is 0 Å². The molecule has 0 spiro atoms. The molecule has 1 fully saturated rings. The highest BCUT2D eigenvalue weighted by atomic mass is 16.3. The first kappa shape index (κ1) is 8.97. The van der Waals surface area contributed by atoms with Gasteiger partial charge in [-0.3, -0.25) is 0 Å². The molecule has 0 saturated carbocycles. The van der Waals surface area contributed by atoms with Gasteiger partial charge >= 0.3 is 0 Å². The Kier molecular flexibility index (Phi) is 3.83. The second-order valence-electron chi connectivity index (χ2n) is 3.30. The lowest BCUT2D eigenvalue weighted by atomic mass is 10.1. The summed E-state index contributed by atoms with van der Waals surface area (Å²) in [6, 6.07) is -0.0481. The topological polar surface area (TPSA) is 49.5 Å². The summed E-state index contributed by atoms with van der Waals surface area (Å²) in [5.41, 5.74) is 5.61. The highest BCUT2D eigenvalue weighted by Crippen LogP contribution is 2.07. The molecule has 3 nitrogen and oxygen atoms in total. The van der Waals surface area contributed by atoms with Crippen molar-refractivity contribution < 1.29 is 5.11 Å². The number of aliphatic hydroxyl groups is 1. The second-order valence-corrected chi connectivity index (χ2v) is 3.30. The van der Waals surface area contributed by atoms with Gasteiger partial charge in [-0.2, -0.15) is 0 Å². The Balaban J connectivity index is 2.13. The Bertz CT molecular complexity index is 102. The summed E-state index contributed by atoms with van der Waals surface area (Å²) in [5, 5.41) is 8.71. The van der Waals surface area contributed by atoms with Crippen molar-refractivity contribution in [2.24, 2.45) is 5.73 Å². The number of nitrogens with zero attached hydrogens (tertiary/aromatic N) is 1. The van der Waals surface area contributed by atoms with E-state index in [2.05, 4.69) is 4.90 Å². The maximum atomic E-state index is 8.71. The lowest BCUT2D eigenvalue weighted by Crippen LogP contribution is -2.42. The first-order valence-corrected chi connectivity index (χ1v) is 4.41. The van der Waals surface area contributed by atoms with Gasteiger partial charge < -0.3 is 15.7 Å². The van der Waals surface area contributed by atoms with Gasteiger partial charge in [0.15, 0.2) is 0 Å². The third-order valence-electron chi connectivity index (χ3n) is 2.18. The maximum absolute atomic E-state index is 8.71. The summed E-state index contributed by atoms with van der Waals surface area (Å²) >= 11 is 0. The maximum Gasteiger partial charge on any atom is 0.0595 e. The van der Waals surface area contributed by atoms with Crippen LogP contribution in [0.25, 0.3) is 0 Å². The van der Waals surface area contributed by atoms with Crippen molar-refractivity contribution in [3.8, 4) is 0 Å². The van der Waals surface area contributed by atoms with Gasteiger partial charge in [0, 0.05) is 12.6 Å². The molecule has 0 bridgehead atoms. The van der Waals surface area contributed by atoms with Crippen molar-refractivity contribution in [3.05, 3.63) is 0 Å². The third-order valence-corrected chi connectivity index (χ3v) is 2.18. The number of hydrogen-bond acceptors (Lipinski definition) is 3. The molecule has 1 atom stereocenters. The monoisotopic (exact) mass is 158 g/mol. The van der Waals surface area contributed by atoms with Crippen molar-refractivity contribution in [1.29, 1.82) is 0 Å². The average Bonchev–Trinajstić information content (AvgIpc) is 2.06. The molecule has 0 aliphatic carbocycles. The number of piperidine rings is 1. The molecule has 11 heavy (non-hydrogen) atoms. The Hall–Kier alpha value is -0.120. The van der Waals surface area contributed by atoms with E-state index >= 15 is 0 Å². The zero-order chi connectivity index (χ0) is 8.10. The van der Waals surface area contributed by atoms with Crippen molar-refractivity contribution in [3.63, 3.8) is 0 Å². The highest BCUT2D eigenvalue weighted by molar-refractivity contribution is 4.70. The minimum Gasteiger partial charge on any atom is -0.395 e. The summed E-state index contributed by atoms with van der Waals surface area (Å²) in [6.45, 7) is 3.29. The molecule has 0 radical (unpaired) electrons. The molecule has 0 amide bonds. The predicted molar refractivity (Wildman–Crippen MR) is 45.4 cm³/mol. The first-order valence-electron chi connectivity index (χ1n) is 4.41. The van der Waals surface area contributed by atoms with E-state index in [0.717, 1.165) is 19.6 Å². The number of aliphatic hydroxyl groups excluding tert-OH is 1. The van der Waals surface area contributed by atoms with Crippen molar-refractivity contribution in [2.45, 2.75) is 25.3 Å². The van der Waals surface area contributed by atoms with Gasteiger partial charge in [-0.1, -0.05) is 6.42 Å². The van der Waals surface area contributed by atoms with Crippen LogP contribution in [0.5, 0.6) is 0 Å². The van der Waals surface area contributed by atoms with E-state index in [1.54, 1.807) is 0 Å². The summed E-state index contributed by atoms with van der Waals surface area (Å²) in [6.07, 6.45) is 3.93. The average molecular weight is 158 g/mol. The third kappa shape index (κ3) is 3.18. The van der Waals surface area contributed by atoms with Gasteiger partial charge in [0.2, 0.25) is 0 Å². The fourth-order valence-corrected chi connectivity index (χ4v) is 1.53. The van der Waals surface area contributed by atoms with Crippen LogP contribution < -0.4 is 5.73 Å². The Morgan fingerprint density at radius 3 is 2.45 bits per heavy atom. The largest absolute Gasteiger partial charge is 0.395 e. The molecule has 1 aliphatic rings. The van der Waals surface area contributed by atoms with E-state index in [4.69, 9.17) is 10.8 Å². The van der Waals surface area contributed by atoms with Crippen molar-refractivity contribution >= 4 is 0 Å². The van der Waals surface area contributed by atoms with Crippen LogP contribution in [0.3, 0.4) is 0 Å². The molecule has 0 aromatic rings. The summed E-state index contributed by atoms with van der Waals surface area (Å²) < 4.78 is 0. The van der Waals surface area contributed by atoms with Gasteiger partial charge in [0.05, 0.1) is 6.61 Å². The SMILES string of the molecule is N[C@H](CO)CN1CCCCC1. The minimum atomic E-state index is -0.0481. The van der Waals surface area contributed by atoms with Crippen LogP contribution in [-0.2, 0) is 0 Å². The molecule has 1 saturated heterocycles. The summed E-state index contributed by atoms with van der Waals surface area (Å²) in [7, 11) is 0. The summed E-state index contributed by atoms with van der Waals surface area (Å²) in [4.78, 5) is 2.34. The second kappa shape index (κ2) is 4.70. The molecular formula is C8H18N2O. The fraction of sp³-hybridized carbons (Fsp3) is 1.00. The fourth-order valence-electron chi connectivity index (χ4n) is 1.53. The molecule has 3 N–H and O–H groups in total. The Morgan fingerprint density at radius 1 is 1.27 bits per heavy atom. The van der Waals surface area contributed by atoms with Crippen LogP contribution in [0, 0.1) is 0 Å². The quantitative estimate of drug-likeness (QED) is 0.597. The van der Waals surface area contributed by atoms with E-state index in [-0.39, 0.29) is 12.6 Å². The van der Waals surface area contributed by atoms with Crippen LogP contribution in [-0.4, -0.2) is 42.3 Å². The van der Waals surface area contributed by atoms with E-state index in [1.165, 1.54) is 19.3 Å². The van der Waals surface area contributed by atoms with Crippen LogP contribution in [0.15, 0.2) is 0 Å². The smallest absolute Gasteiger partial charge is 0.0595 e. The van der Waals surface area contributed by atoms with Crippen molar-refractivity contribution in [1.82, 2.24) is 4.90 Å². The van der Waals surface area contributed by atoms with E-state index < -0.39 is 0 Å². The minimum absolute atomic E-state index is 0.0481. The molecule has 3 heteroatoms. The van der Waals surface area contributed by atoms with Crippen molar-refractivity contribution in [2.75, 3.05) is 26.2 Å². The Morgan fingerprint density at radius 2 is 1.91 bits per heavy atom. The van der Waals surface area contributed by atoms with Gasteiger partial charge in [0.25, 0.3) is 0 Å². The zero-order valence-electron chi connectivity index (χ0n) is 7.00. The number of rotatable bonds is 3. The molecule has 0 unspecified atom stereocenters. The zero-order valence-corrected chi connectivity index (χ0v) is 7.00. The molecule has 1 aliphatic heterocycles. The number of likely N-dealkylation sites (tertiary alicyclic amines) is 1. The molecule has 1 rings (SSSR count). The molecule has 0 aromatic carbocycles. The van der Waals surface area contributed by atoms with Crippen LogP contribution in [0.4, 0.5) is 0 Å². The van der Waals surface area contributed by atoms with E-state index in [1.807, 2.05) is 0 Å². The van der Waals surface area contributed by atoms with Gasteiger partial charge in [0.1, 0.15) is 0 Å². The summed E-state index contributed by atoms with van der Waals surface area (Å²) in [5.74, 6) is 0. The molecular weight excluding hydrogens is 140 g/mol. The van der Waals surface area contributed by atoms with Crippen LogP contribution in [0.1, 0.15) is 19.3 Å². The highest BCUT2D eigenvalue weighted by Gasteiger charge is 2.12. The van der Waals surface area contributed by atoms with Gasteiger partial charge in [-0.05, 0) is 25.9 Å². The first-order chi connectivity index (χ1) is 5.33. The molecule has 0 aromatic heterocycles. The lowest BCUT2D eigenvalue weighted by molar-refractivity contribution is 0.180. The number of hydrogen-bond donors (Lipinski definition) is 2. The molecule has 66 valence electrons. The predicted octanol–water partition coefficient (Wildman–Crippen LogP) is -0.208. The lowest BCUT2D eigenvalue weighted by Gasteiger charge is -2.28. The normalized spacial score (nSPS) is 23.5. The van der Waals surface area contributed by atoms with E-state index in [0.29, 0.717) is 0 Å². The number of nitrogens with two attached hydrogens (primary N) is 1. The van der Waals surface area contributed by atoms with Crippen LogP contribution >= 0.6 is 0 Å². The van der Waals surface area contributed by atoms with Gasteiger partial charge in [-0.15, -0.1) is 0 Å². The van der Waals surface area contributed by atoms with Gasteiger partial charge in [-0.25, -0.2) is 0 Å². The van der Waals surface area contributed by atoms with E-state index in [9.17, 15) is 0 Å². The Labute approximate surface area is 68.2 Å².